The first-order valence-electron chi connectivity index (χ1n) is 8.89. The van der Waals surface area contributed by atoms with Crippen LogP contribution in [0.25, 0.3) is 0 Å². The van der Waals surface area contributed by atoms with Crippen LogP contribution in [-0.2, 0) is 4.79 Å². The highest BCUT2D eigenvalue weighted by molar-refractivity contribution is 7.99. The number of methoxy groups -OCH3 is 3. The highest BCUT2D eigenvalue weighted by atomic mass is 32.2. The molecule has 8 nitrogen and oxygen atoms in total. The molecule has 150 valence electrons. The number of H-pyrrole nitrogens is 1. The third-order valence-electron chi connectivity index (χ3n) is 4.48. The number of aromatic nitrogens is 2. The van der Waals surface area contributed by atoms with Gasteiger partial charge >= 0.3 is 0 Å². The Morgan fingerprint density at radius 3 is 2.54 bits per heavy atom. The molecular formula is C19H23N3O5S. The quantitative estimate of drug-likeness (QED) is 0.539. The number of fused-ring (bicyclic) bond motifs is 1. The van der Waals surface area contributed by atoms with Gasteiger partial charge in [-0.3, -0.25) is 9.59 Å². The molecule has 2 aromatic rings. The number of carbonyl (C=O) groups excluding carboxylic acids is 1. The number of carbonyl (C=O) groups is 1. The van der Waals surface area contributed by atoms with Crippen molar-refractivity contribution in [1.82, 2.24) is 9.97 Å². The van der Waals surface area contributed by atoms with E-state index in [0.717, 1.165) is 12.2 Å². The number of nitrogens with zero attached hydrogens (tertiary/aromatic N) is 1. The summed E-state index contributed by atoms with van der Waals surface area (Å²) in [7, 11) is 4.55. The summed E-state index contributed by atoms with van der Waals surface area (Å²) in [5, 5.41) is 3.22. The van der Waals surface area contributed by atoms with Gasteiger partial charge in [0.1, 0.15) is 5.82 Å². The highest BCUT2D eigenvalue weighted by Gasteiger charge is 2.34. The number of nitrogens with one attached hydrogen (secondary N) is 2. The van der Waals surface area contributed by atoms with E-state index in [1.165, 1.54) is 33.1 Å². The molecule has 0 saturated carbocycles. The van der Waals surface area contributed by atoms with Gasteiger partial charge in [0.2, 0.25) is 11.7 Å². The van der Waals surface area contributed by atoms with Crippen molar-refractivity contribution in [2.24, 2.45) is 0 Å². The van der Waals surface area contributed by atoms with E-state index in [1.807, 2.05) is 6.92 Å². The minimum atomic E-state index is -0.514. The number of amides is 1. The highest BCUT2D eigenvalue weighted by Crippen LogP contribution is 2.46. The molecule has 3 rings (SSSR count). The maximum atomic E-state index is 12.9. The van der Waals surface area contributed by atoms with Crippen molar-refractivity contribution in [3.8, 4) is 17.2 Å². The van der Waals surface area contributed by atoms with Gasteiger partial charge in [-0.25, -0.2) is 4.98 Å². The molecule has 0 bridgehead atoms. The summed E-state index contributed by atoms with van der Waals surface area (Å²) in [6, 6.07) is 3.52. The second kappa shape index (κ2) is 8.55. The summed E-state index contributed by atoms with van der Waals surface area (Å²) < 4.78 is 16.3. The van der Waals surface area contributed by atoms with Gasteiger partial charge < -0.3 is 24.5 Å². The smallest absolute Gasteiger partial charge is 0.257 e. The van der Waals surface area contributed by atoms with Crippen molar-refractivity contribution in [3.05, 3.63) is 33.6 Å². The Bertz CT molecular complexity index is 944. The lowest BCUT2D eigenvalue weighted by Gasteiger charge is -2.26. The molecule has 1 aliphatic rings. The maximum Gasteiger partial charge on any atom is 0.257 e. The van der Waals surface area contributed by atoms with Crippen molar-refractivity contribution >= 4 is 23.5 Å². The largest absolute Gasteiger partial charge is 0.493 e. The zero-order chi connectivity index (χ0) is 20.3. The van der Waals surface area contributed by atoms with Crippen molar-refractivity contribution in [2.45, 2.75) is 30.8 Å². The topological polar surface area (TPSA) is 103 Å². The van der Waals surface area contributed by atoms with E-state index in [9.17, 15) is 9.59 Å². The van der Waals surface area contributed by atoms with E-state index in [-0.39, 0.29) is 17.9 Å². The fraction of sp³-hybridized carbons (Fsp3) is 0.421. The predicted octanol–water partition coefficient (Wildman–Crippen LogP) is 2.77. The van der Waals surface area contributed by atoms with E-state index in [2.05, 4.69) is 15.3 Å². The van der Waals surface area contributed by atoms with Gasteiger partial charge in [0, 0.05) is 23.7 Å². The zero-order valence-electron chi connectivity index (χ0n) is 16.3. The fourth-order valence-electron chi connectivity index (χ4n) is 3.28. The average Bonchev–Trinajstić information content (AvgIpc) is 2.69. The van der Waals surface area contributed by atoms with Crippen molar-refractivity contribution in [3.63, 3.8) is 0 Å². The van der Waals surface area contributed by atoms with Crippen LogP contribution < -0.4 is 25.1 Å². The minimum absolute atomic E-state index is 0.102. The second-order valence-corrected chi connectivity index (χ2v) is 7.29. The molecule has 0 aliphatic carbocycles. The molecule has 1 aliphatic heterocycles. The summed E-state index contributed by atoms with van der Waals surface area (Å²) in [6.45, 7) is 2.05. The first kappa shape index (κ1) is 20.1. The molecule has 0 radical (unpaired) electrons. The van der Waals surface area contributed by atoms with E-state index in [0.29, 0.717) is 39.3 Å². The Morgan fingerprint density at radius 1 is 1.14 bits per heavy atom. The van der Waals surface area contributed by atoms with Crippen molar-refractivity contribution in [1.29, 1.82) is 0 Å². The van der Waals surface area contributed by atoms with Crippen molar-refractivity contribution < 1.29 is 19.0 Å². The third kappa shape index (κ3) is 3.66. The number of rotatable bonds is 7. The lowest BCUT2D eigenvalue weighted by atomic mass is 9.86. The summed E-state index contributed by atoms with van der Waals surface area (Å²) in [5.41, 5.74) is 0.800. The molecule has 0 saturated heterocycles. The molecular weight excluding hydrogens is 382 g/mol. The lowest BCUT2D eigenvalue weighted by molar-refractivity contribution is -0.116. The van der Waals surface area contributed by atoms with Crippen LogP contribution in [0, 0.1) is 0 Å². The van der Waals surface area contributed by atoms with Gasteiger partial charge in [-0.1, -0.05) is 24.8 Å². The standard InChI is InChI=1S/C19H23N3O5S/c1-5-8-28-19-21-17-14(18(24)22-19)11(9-13(23)20-17)10-6-7-12(25-2)16(27-4)15(10)26-3/h6-7,11H,5,8-9H2,1-4H3,(H2,20,21,22,23,24)/t11-/m1/s1. The first-order chi connectivity index (χ1) is 13.5. The lowest BCUT2D eigenvalue weighted by Crippen LogP contribution is -2.31. The summed E-state index contributed by atoms with van der Waals surface area (Å²) in [6.07, 6.45) is 1.05. The fourth-order valence-corrected chi connectivity index (χ4v) is 4.00. The number of hydrogen-bond donors (Lipinski definition) is 2. The van der Waals surface area contributed by atoms with Gasteiger partial charge in [0.15, 0.2) is 16.7 Å². The molecule has 1 aromatic heterocycles. The Morgan fingerprint density at radius 2 is 1.89 bits per heavy atom. The number of hydrogen-bond acceptors (Lipinski definition) is 7. The van der Waals surface area contributed by atoms with E-state index in [4.69, 9.17) is 14.2 Å². The van der Waals surface area contributed by atoms with Crippen LogP contribution in [0.15, 0.2) is 22.1 Å². The molecule has 0 fully saturated rings. The van der Waals surface area contributed by atoms with Crippen molar-refractivity contribution in [2.75, 3.05) is 32.4 Å². The van der Waals surface area contributed by atoms with E-state index < -0.39 is 5.92 Å². The average molecular weight is 405 g/mol. The molecule has 1 atom stereocenters. The molecule has 0 spiro atoms. The van der Waals surface area contributed by atoms with Crippen LogP contribution in [0.2, 0.25) is 0 Å². The molecule has 1 amide bonds. The normalized spacial score (nSPS) is 15.6. The van der Waals surface area contributed by atoms with Crippen LogP contribution in [0.3, 0.4) is 0 Å². The summed E-state index contributed by atoms with van der Waals surface area (Å²) in [4.78, 5) is 32.5. The zero-order valence-corrected chi connectivity index (χ0v) is 17.1. The third-order valence-corrected chi connectivity index (χ3v) is 5.56. The SMILES string of the molecule is CCCSc1nc2c(c(=O)[nH]1)[C@@H](c1ccc(OC)c(OC)c1OC)CC(=O)N2. The number of aromatic amines is 1. The van der Waals surface area contributed by atoms with Gasteiger partial charge in [0.05, 0.1) is 26.9 Å². The first-order valence-corrected chi connectivity index (χ1v) is 9.88. The number of anilines is 1. The van der Waals surface area contributed by atoms with E-state index in [1.54, 1.807) is 12.1 Å². The summed E-state index contributed by atoms with van der Waals surface area (Å²) in [5.74, 6) is 1.73. The van der Waals surface area contributed by atoms with Crippen LogP contribution in [-0.4, -0.2) is 43.0 Å². The van der Waals surface area contributed by atoms with Gasteiger partial charge in [-0.2, -0.15) is 0 Å². The molecule has 2 heterocycles. The minimum Gasteiger partial charge on any atom is -0.493 e. The second-order valence-electron chi connectivity index (χ2n) is 6.21. The molecule has 1 aromatic carbocycles. The number of benzene rings is 1. The maximum absolute atomic E-state index is 12.9. The molecule has 2 N–H and O–H groups in total. The van der Waals surface area contributed by atoms with Crippen LogP contribution in [0.5, 0.6) is 17.2 Å². The number of ether oxygens (including phenoxy) is 3. The van der Waals surface area contributed by atoms with Crippen LogP contribution in [0.1, 0.15) is 36.8 Å². The van der Waals surface area contributed by atoms with Crippen LogP contribution >= 0.6 is 11.8 Å². The Hall–Kier alpha value is -2.68. The Kier molecular flexibility index (Phi) is 6.13. The monoisotopic (exact) mass is 405 g/mol. The Balaban J connectivity index is 2.15. The molecule has 9 heteroatoms. The van der Waals surface area contributed by atoms with Gasteiger partial charge in [0.25, 0.3) is 5.56 Å². The Labute approximate surface area is 167 Å². The number of thioether (sulfide) groups is 1. The van der Waals surface area contributed by atoms with E-state index >= 15 is 0 Å². The summed E-state index contributed by atoms with van der Waals surface area (Å²) >= 11 is 1.45. The molecule has 28 heavy (non-hydrogen) atoms. The molecule has 0 unspecified atom stereocenters. The predicted molar refractivity (Wildman–Crippen MR) is 107 cm³/mol. The van der Waals surface area contributed by atoms with Gasteiger partial charge in [-0.15, -0.1) is 0 Å². The van der Waals surface area contributed by atoms with Gasteiger partial charge in [-0.05, 0) is 12.5 Å². The van der Waals surface area contributed by atoms with Crippen LogP contribution in [0.4, 0.5) is 5.82 Å².